The molecule has 1 aromatic rings. The predicted molar refractivity (Wildman–Crippen MR) is 90.4 cm³/mol. The van der Waals surface area contributed by atoms with Crippen molar-refractivity contribution in [3.63, 3.8) is 0 Å². The summed E-state index contributed by atoms with van der Waals surface area (Å²) in [6, 6.07) is 7.35. The minimum atomic E-state index is -0.916. The molecule has 0 bridgehead atoms. The molecule has 2 amide bonds. The second kappa shape index (κ2) is 8.47. The standard InChI is InChI=1S/C18H24N2O4/c1-13-7-9-15(10-8-13)19-18(23)14(2)24-17(22)12-20-11-5-3-4-6-16(20)21/h7-10,14H,3-6,11-12H2,1-2H3,(H,19,23). The van der Waals surface area contributed by atoms with Crippen LogP contribution in [0, 0.1) is 6.92 Å². The molecule has 1 saturated heterocycles. The topological polar surface area (TPSA) is 75.7 Å². The number of ether oxygens (including phenoxy) is 1. The zero-order valence-electron chi connectivity index (χ0n) is 14.2. The van der Waals surface area contributed by atoms with Crippen LogP contribution in [0.1, 0.15) is 38.2 Å². The fraction of sp³-hybridized carbons (Fsp3) is 0.500. The summed E-state index contributed by atoms with van der Waals surface area (Å²) in [6.45, 7) is 3.95. The Morgan fingerprint density at radius 1 is 1.21 bits per heavy atom. The van der Waals surface area contributed by atoms with Gasteiger partial charge in [0.05, 0.1) is 0 Å². The van der Waals surface area contributed by atoms with Gasteiger partial charge < -0.3 is 15.0 Å². The Labute approximate surface area is 142 Å². The van der Waals surface area contributed by atoms with Gasteiger partial charge in [0.25, 0.3) is 5.91 Å². The Balaban J connectivity index is 1.82. The Kier molecular flexibility index (Phi) is 6.35. The molecule has 2 rings (SSSR count). The molecule has 1 aliphatic heterocycles. The number of carbonyl (C=O) groups excluding carboxylic acids is 3. The molecule has 1 fully saturated rings. The van der Waals surface area contributed by atoms with Gasteiger partial charge in [-0.25, -0.2) is 0 Å². The van der Waals surface area contributed by atoms with Crippen LogP contribution in [0.15, 0.2) is 24.3 Å². The van der Waals surface area contributed by atoms with Crippen molar-refractivity contribution in [2.75, 3.05) is 18.4 Å². The van der Waals surface area contributed by atoms with E-state index in [1.54, 1.807) is 12.1 Å². The normalized spacial score (nSPS) is 16.2. The number of nitrogens with one attached hydrogen (secondary N) is 1. The van der Waals surface area contributed by atoms with Crippen LogP contribution < -0.4 is 5.32 Å². The molecular weight excluding hydrogens is 308 g/mol. The number of hydrogen-bond acceptors (Lipinski definition) is 4. The number of esters is 1. The molecule has 1 unspecified atom stereocenters. The maximum atomic E-state index is 12.1. The third-order valence-electron chi connectivity index (χ3n) is 3.99. The summed E-state index contributed by atoms with van der Waals surface area (Å²) in [5.74, 6) is -0.979. The van der Waals surface area contributed by atoms with E-state index in [-0.39, 0.29) is 12.5 Å². The van der Waals surface area contributed by atoms with E-state index in [9.17, 15) is 14.4 Å². The number of benzene rings is 1. The van der Waals surface area contributed by atoms with E-state index in [0.29, 0.717) is 18.7 Å². The number of hydrogen-bond donors (Lipinski definition) is 1. The highest BCUT2D eigenvalue weighted by molar-refractivity contribution is 5.95. The lowest BCUT2D eigenvalue weighted by Gasteiger charge is -2.20. The summed E-state index contributed by atoms with van der Waals surface area (Å²) in [5, 5.41) is 2.70. The van der Waals surface area contributed by atoms with E-state index < -0.39 is 18.0 Å². The van der Waals surface area contributed by atoms with Crippen LogP contribution in [-0.2, 0) is 19.1 Å². The van der Waals surface area contributed by atoms with Crippen molar-refractivity contribution in [2.24, 2.45) is 0 Å². The second-order valence-electron chi connectivity index (χ2n) is 6.11. The highest BCUT2D eigenvalue weighted by Gasteiger charge is 2.23. The average Bonchev–Trinajstić information content (AvgIpc) is 2.74. The largest absolute Gasteiger partial charge is 0.451 e. The van der Waals surface area contributed by atoms with E-state index in [4.69, 9.17) is 4.74 Å². The monoisotopic (exact) mass is 332 g/mol. The Bertz CT molecular complexity index is 598. The van der Waals surface area contributed by atoms with Gasteiger partial charge in [-0.2, -0.15) is 0 Å². The molecule has 1 atom stereocenters. The van der Waals surface area contributed by atoms with E-state index in [1.807, 2.05) is 19.1 Å². The first-order valence-corrected chi connectivity index (χ1v) is 8.30. The van der Waals surface area contributed by atoms with Crippen LogP contribution in [0.2, 0.25) is 0 Å². The molecule has 0 aromatic heterocycles. The SMILES string of the molecule is Cc1ccc(NC(=O)C(C)OC(=O)CN2CCCCCC2=O)cc1. The van der Waals surface area contributed by atoms with E-state index in [1.165, 1.54) is 11.8 Å². The van der Waals surface area contributed by atoms with Crippen molar-refractivity contribution in [2.45, 2.75) is 45.6 Å². The third kappa shape index (κ3) is 5.37. The van der Waals surface area contributed by atoms with Gasteiger partial charge in [0.2, 0.25) is 5.91 Å². The summed E-state index contributed by atoms with van der Waals surface area (Å²) in [7, 11) is 0. The highest BCUT2D eigenvalue weighted by atomic mass is 16.5. The average molecular weight is 332 g/mol. The third-order valence-corrected chi connectivity index (χ3v) is 3.99. The van der Waals surface area contributed by atoms with Crippen LogP contribution >= 0.6 is 0 Å². The lowest BCUT2D eigenvalue weighted by atomic mass is 10.2. The van der Waals surface area contributed by atoms with Crippen LogP contribution in [0.3, 0.4) is 0 Å². The van der Waals surface area contributed by atoms with Gasteiger partial charge in [-0.1, -0.05) is 24.1 Å². The van der Waals surface area contributed by atoms with Gasteiger partial charge in [0.15, 0.2) is 6.10 Å². The summed E-state index contributed by atoms with van der Waals surface area (Å²) in [4.78, 5) is 37.5. The first kappa shape index (κ1) is 18.0. The van der Waals surface area contributed by atoms with Crippen LogP contribution in [0.4, 0.5) is 5.69 Å². The number of amides is 2. The molecule has 1 aliphatic rings. The summed E-state index contributed by atoms with van der Waals surface area (Å²) < 4.78 is 5.16. The molecule has 1 aromatic carbocycles. The molecule has 6 nitrogen and oxygen atoms in total. The van der Waals surface area contributed by atoms with Crippen molar-refractivity contribution >= 4 is 23.5 Å². The molecule has 0 aliphatic carbocycles. The first-order chi connectivity index (χ1) is 11.5. The molecule has 0 spiro atoms. The van der Waals surface area contributed by atoms with E-state index >= 15 is 0 Å². The number of anilines is 1. The fourth-order valence-electron chi connectivity index (χ4n) is 2.53. The maximum absolute atomic E-state index is 12.1. The zero-order valence-corrected chi connectivity index (χ0v) is 14.2. The van der Waals surface area contributed by atoms with Crippen LogP contribution in [-0.4, -0.2) is 41.9 Å². The second-order valence-corrected chi connectivity index (χ2v) is 6.11. The maximum Gasteiger partial charge on any atom is 0.326 e. The van der Waals surface area contributed by atoms with E-state index in [0.717, 1.165) is 24.8 Å². The minimum Gasteiger partial charge on any atom is -0.451 e. The smallest absolute Gasteiger partial charge is 0.326 e. The summed E-state index contributed by atoms with van der Waals surface area (Å²) in [5.41, 5.74) is 1.74. The van der Waals surface area contributed by atoms with Crippen molar-refractivity contribution in [3.8, 4) is 0 Å². The Morgan fingerprint density at radius 2 is 1.92 bits per heavy atom. The number of carbonyl (C=O) groups is 3. The van der Waals surface area contributed by atoms with E-state index in [2.05, 4.69) is 5.32 Å². The Hall–Kier alpha value is -2.37. The molecule has 1 heterocycles. The summed E-state index contributed by atoms with van der Waals surface area (Å²) in [6.07, 6.45) is 2.30. The van der Waals surface area contributed by atoms with Crippen molar-refractivity contribution in [1.29, 1.82) is 0 Å². The van der Waals surface area contributed by atoms with Gasteiger partial charge in [-0.05, 0) is 38.8 Å². The molecule has 6 heteroatoms. The van der Waals surface area contributed by atoms with Crippen molar-refractivity contribution in [1.82, 2.24) is 4.90 Å². The lowest BCUT2D eigenvalue weighted by Crippen LogP contribution is -2.38. The lowest BCUT2D eigenvalue weighted by molar-refractivity contribution is -0.156. The number of nitrogens with zero attached hydrogens (tertiary/aromatic N) is 1. The molecular formula is C18H24N2O4. The molecule has 130 valence electrons. The van der Waals surface area contributed by atoms with Gasteiger partial charge in [0.1, 0.15) is 6.54 Å². The molecule has 0 saturated carbocycles. The van der Waals surface area contributed by atoms with Gasteiger partial charge in [-0.15, -0.1) is 0 Å². The summed E-state index contributed by atoms with van der Waals surface area (Å²) >= 11 is 0. The number of rotatable bonds is 5. The van der Waals surface area contributed by atoms with Crippen LogP contribution in [0.25, 0.3) is 0 Å². The minimum absolute atomic E-state index is 0.0267. The zero-order chi connectivity index (χ0) is 17.5. The quantitative estimate of drug-likeness (QED) is 0.839. The molecule has 0 radical (unpaired) electrons. The van der Waals surface area contributed by atoms with Crippen molar-refractivity contribution < 1.29 is 19.1 Å². The van der Waals surface area contributed by atoms with Crippen molar-refractivity contribution in [3.05, 3.63) is 29.8 Å². The Morgan fingerprint density at radius 3 is 2.62 bits per heavy atom. The van der Waals surface area contributed by atoms with Crippen LogP contribution in [0.5, 0.6) is 0 Å². The van der Waals surface area contributed by atoms with Gasteiger partial charge in [0, 0.05) is 18.7 Å². The molecule has 1 N–H and O–H groups in total. The van der Waals surface area contributed by atoms with Gasteiger partial charge >= 0.3 is 5.97 Å². The number of aryl methyl sites for hydroxylation is 1. The predicted octanol–water partition coefficient (Wildman–Crippen LogP) is 2.27. The molecule has 24 heavy (non-hydrogen) atoms. The number of likely N-dealkylation sites (tertiary alicyclic amines) is 1. The first-order valence-electron chi connectivity index (χ1n) is 8.30. The van der Waals surface area contributed by atoms with Gasteiger partial charge in [-0.3, -0.25) is 14.4 Å². The highest BCUT2D eigenvalue weighted by Crippen LogP contribution is 2.12. The fourth-order valence-corrected chi connectivity index (χ4v) is 2.53.